The molecule has 2 aliphatic rings. The van der Waals surface area contributed by atoms with Gasteiger partial charge in [0.15, 0.2) is 6.30 Å². The monoisotopic (exact) mass is 424 g/mol. The number of ether oxygens (including phenoxy) is 2. The van der Waals surface area contributed by atoms with E-state index in [2.05, 4.69) is 51.5 Å². The van der Waals surface area contributed by atoms with Crippen molar-refractivity contribution in [3.63, 3.8) is 0 Å². The van der Waals surface area contributed by atoms with Gasteiger partial charge in [-0.3, -0.25) is 5.32 Å². The second-order valence-corrected chi connectivity index (χ2v) is 10.4. The lowest BCUT2D eigenvalue weighted by Gasteiger charge is -2.29. The molecule has 0 saturated carbocycles. The van der Waals surface area contributed by atoms with E-state index in [9.17, 15) is 4.39 Å². The lowest BCUT2D eigenvalue weighted by molar-refractivity contribution is 0.0371. The average molecular weight is 425 g/mol. The van der Waals surface area contributed by atoms with Gasteiger partial charge in [-0.25, -0.2) is 4.39 Å². The first kappa shape index (κ1) is 25.5. The summed E-state index contributed by atoms with van der Waals surface area (Å²) in [6.07, 6.45) is 3.53. The molecule has 7 heteroatoms. The van der Waals surface area contributed by atoms with Crippen molar-refractivity contribution in [1.29, 1.82) is 0 Å². The van der Waals surface area contributed by atoms with Crippen LogP contribution in [0.4, 0.5) is 4.39 Å². The molecule has 0 aromatic rings. The molecule has 0 amide bonds. The second kappa shape index (κ2) is 13.6. The molecule has 0 spiro atoms. The van der Waals surface area contributed by atoms with Crippen LogP contribution in [0.15, 0.2) is 0 Å². The van der Waals surface area contributed by atoms with E-state index in [1.165, 1.54) is 11.8 Å². The van der Waals surface area contributed by atoms with Gasteiger partial charge in [0.1, 0.15) is 0 Å². The highest BCUT2D eigenvalue weighted by molar-refractivity contribution is 7.99. The van der Waals surface area contributed by atoms with Crippen LogP contribution in [-0.4, -0.2) is 74.4 Å². The van der Waals surface area contributed by atoms with Crippen LogP contribution in [0.3, 0.4) is 0 Å². The number of nitrogens with one attached hydrogen (secondary N) is 2. The molecule has 2 heterocycles. The van der Waals surface area contributed by atoms with Gasteiger partial charge in [0.25, 0.3) is 0 Å². The van der Waals surface area contributed by atoms with E-state index < -0.39 is 6.30 Å². The Labute approximate surface area is 174 Å². The standard InChI is InChI=1S/C10H20FNOS.C10H21NOS/c1-7(2)8-4-12-10(11)9(14-3)6-13-5-8;1-7(2)9-5-11-8(3)10(13-4)6-12-9/h7-10,12H,4-6H2,1-3H3;7-11H,5-6H2,1-4H3. The van der Waals surface area contributed by atoms with Crippen molar-refractivity contribution in [2.45, 2.75) is 63.6 Å². The summed E-state index contributed by atoms with van der Waals surface area (Å²) in [7, 11) is 0. The fourth-order valence-electron chi connectivity index (χ4n) is 3.05. The molecule has 0 aromatic carbocycles. The van der Waals surface area contributed by atoms with E-state index >= 15 is 0 Å². The van der Waals surface area contributed by atoms with Crippen LogP contribution in [0.1, 0.15) is 34.6 Å². The topological polar surface area (TPSA) is 42.5 Å². The Balaban J connectivity index is 0.000000271. The van der Waals surface area contributed by atoms with Gasteiger partial charge in [-0.05, 0) is 37.2 Å². The molecule has 6 unspecified atom stereocenters. The first-order valence-electron chi connectivity index (χ1n) is 10.2. The van der Waals surface area contributed by atoms with Crippen LogP contribution in [0, 0.1) is 17.8 Å². The van der Waals surface area contributed by atoms with Crippen LogP contribution in [-0.2, 0) is 9.47 Å². The summed E-state index contributed by atoms with van der Waals surface area (Å²) in [5, 5.41) is 7.01. The van der Waals surface area contributed by atoms with E-state index in [1.807, 2.05) is 18.0 Å². The lowest BCUT2D eigenvalue weighted by Crippen LogP contribution is -2.44. The SMILES string of the molecule is CSC1COC(C(C)C)CNC1C.CSC1COCC(C(C)C)CNC1F. The smallest absolute Gasteiger partial charge is 0.165 e. The molecule has 2 saturated heterocycles. The van der Waals surface area contributed by atoms with Crippen molar-refractivity contribution in [1.82, 2.24) is 10.6 Å². The summed E-state index contributed by atoms with van der Waals surface area (Å²) in [6, 6.07) is 0.568. The quantitative estimate of drug-likeness (QED) is 0.672. The van der Waals surface area contributed by atoms with E-state index in [0.717, 1.165) is 26.3 Å². The molecule has 2 fully saturated rings. The zero-order valence-corrected chi connectivity index (χ0v) is 19.8. The van der Waals surface area contributed by atoms with Crippen LogP contribution >= 0.6 is 23.5 Å². The molecule has 2 rings (SSSR count). The Bertz CT molecular complexity index is 391. The van der Waals surface area contributed by atoms with Crippen LogP contribution in [0.2, 0.25) is 0 Å². The summed E-state index contributed by atoms with van der Waals surface area (Å²) in [4.78, 5) is 0. The van der Waals surface area contributed by atoms with Crippen molar-refractivity contribution in [3.05, 3.63) is 0 Å². The summed E-state index contributed by atoms with van der Waals surface area (Å²) in [6.45, 7) is 14.8. The lowest BCUT2D eigenvalue weighted by atomic mass is 9.96. The third-order valence-corrected chi connectivity index (χ3v) is 7.61. The van der Waals surface area contributed by atoms with Gasteiger partial charge in [-0.2, -0.15) is 23.5 Å². The summed E-state index contributed by atoms with van der Waals surface area (Å²) in [5.41, 5.74) is 0. The molecule has 0 radical (unpaired) electrons. The third kappa shape index (κ3) is 9.22. The molecular weight excluding hydrogens is 383 g/mol. The maximum atomic E-state index is 13.5. The third-order valence-electron chi connectivity index (χ3n) is 5.48. The van der Waals surface area contributed by atoms with Crippen LogP contribution in [0.25, 0.3) is 0 Å². The van der Waals surface area contributed by atoms with Gasteiger partial charge >= 0.3 is 0 Å². The van der Waals surface area contributed by atoms with Crippen LogP contribution < -0.4 is 10.6 Å². The predicted molar refractivity (Wildman–Crippen MR) is 119 cm³/mol. The normalized spacial score (nSPS) is 35.8. The highest BCUT2D eigenvalue weighted by Gasteiger charge is 2.26. The van der Waals surface area contributed by atoms with Crippen molar-refractivity contribution >= 4 is 23.5 Å². The van der Waals surface area contributed by atoms with Crippen LogP contribution in [0.5, 0.6) is 0 Å². The Kier molecular flexibility index (Phi) is 12.9. The zero-order valence-electron chi connectivity index (χ0n) is 18.2. The molecular formula is C20H41FN2O2S2. The highest BCUT2D eigenvalue weighted by Crippen LogP contribution is 2.19. The van der Waals surface area contributed by atoms with Crippen molar-refractivity contribution < 1.29 is 13.9 Å². The number of rotatable bonds is 4. The van der Waals surface area contributed by atoms with Gasteiger partial charge in [0.05, 0.1) is 31.2 Å². The highest BCUT2D eigenvalue weighted by atomic mass is 32.2. The minimum absolute atomic E-state index is 0.0666. The van der Waals surface area contributed by atoms with E-state index in [-0.39, 0.29) is 5.25 Å². The Morgan fingerprint density at radius 2 is 1.56 bits per heavy atom. The first-order chi connectivity index (χ1) is 12.8. The molecule has 27 heavy (non-hydrogen) atoms. The Morgan fingerprint density at radius 1 is 0.889 bits per heavy atom. The van der Waals surface area contributed by atoms with E-state index in [1.54, 1.807) is 0 Å². The number of halogens is 1. The van der Waals surface area contributed by atoms with Gasteiger partial charge in [-0.15, -0.1) is 0 Å². The Morgan fingerprint density at radius 3 is 2.11 bits per heavy atom. The molecule has 6 atom stereocenters. The van der Waals surface area contributed by atoms with Crippen molar-refractivity contribution in [2.75, 3.05) is 45.4 Å². The molecule has 2 N–H and O–H groups in total. The van der Waals surface area contributed by atoms with Gasteiger partial charge in [0, 0.05) is 24.4 Å². The molecule has 2 aliphatic heterocycles. The minimum atomic E-state index is -0.938. The van der Waals surface area contributed by atoms with E-state index in [4.69, 9.17) is 9.47 Å². The van der Waals surface area contributed by atoms with Crippen molar-refractivity contribution in [2.24, 2.45) is 17.8 Å². The Hall–Kier alpha value is 0.470. The predicted octanol–water partition coefficient (Wildman–Crippen LogP) is 3.66. The molecule has 0 aliphatic carbocycles. The fraction of sp³-hybridized carbons (Fsp3) is 1.00. The largest absolute Gasteiger partial charge is 0.380 e. The van der Waals surface area contributed by atoms with Gasteiger partial charge in [0.2, 0.25) is 0 Å². The average Bonchev–Trinajstić information content (AvgIpc) is 2.80. The molecule has 4 nitrogen and oxygen atoms in total. The number of hydrogen-bond acceptors (Lipinski definition) is 6. The van der Waals surface area contributed by atoms with Gasteiger partial charge in [-0.1, -0.05) is 27.7 Å². The first-order valence-corrected chi connectivity index (χ1v) is 12.7. The fourth-order valence-corrected chi connectivity index (χ4v) is 4.33. The maximum absolute atomic E-state index is 13.5. The summed E-state index contributed by atoms with van der Waals surface area (Å²) in [5.74, 6) is 1.58. The number of hydrogen-bond donors (Lipinski definition) is 2. The van der Waals surface area contributed by atoms with Crippen molar-refractivity contribution in [3.8, 4) is 0 Å². The molecule has 0 bridgehead atoms. The van der Waals surface area contributed by atoms with E-state index in [0.29, 0.717) is 41.8 Å². The molecule has 162 valence electrons. The maximum Gasteiger partial charge on any atom is 0.165 e. The summed E-state index contributed by atoms with van der Waals surface area (Å²) >= 11 is 3.42. The zero-order chi connectivity index (χ0) is 20.4. The molecule has 0 aromatic heterocycles. The number of thioether (sulfide) groups is 2. The van der Waals surface area contributed by atoms with Gasteiger partial charge < -0.3 is 14.8 Å². The minimum Gasteiger partial charge on any atom is -0.380 e. The second-order valence-electron chi connectivity index (χ2n) is 8.21. The number of alkyl halides is 1. The summed E-state index contributed by atoms with van der Waals surface area (Å²) < 4.78 is 24.9.